The summed E-state index contributed by atoms with van der Waals surface area (Å²) < 4.78 is 35.3. The van der Waals surface area contributed by atoms with E-state index in [1.165, 1.54) is 6.20 Å². The molecule has 0 aliphatic heterocycles. The third-order valence-electron chi connectivity index (χ3n) is 1.55. The van der Waals surface area contributed by atoms with Crippen LogP contribution in [0.25, 0.3) is 0 Å². The molecular weight excluding hydrogens is 209 g/mol. The van der Waals surface area contributed by atoms with E-state index in [2.05, 4.69) is 10.3 Å². The maximum Gasteiger partial charge on any atom is 0.397 e. The van der Waals surface area contributed by atoms with Crippen LogP contribution in [0.2, 0.25) is 0 Å². The van der Waals surface area contributed by atoms with Crippen LogP contribution in [-0.2, 0) is 11.3 Å². The van der Waals surface area contributed by atoms with Gasteiger partial charge in [-0.15, -0.1) is 0 Å². The number of pyridine rings is 1. The van der Waals surface area contributed by atoms with Gasteiger partial charge in [-0.1, -0.05) is 6.07 Å². The van der Waals surface area contributed by atoms with E-state index >= 15 is 0 Å². The van der Waals surface area contributed by atoms with Gasteiger partial charge in [-0.2, -0.15) is 13.2 Å². The Kier molecular flexibility index (Phi) is 3.65. The first-order chi connectivity index (χ1) is 6.97. The number of aromatic nitrogens is 1. The molecule has 1 aromatic heterocycles. The van der Waals surface area contributed by atoms with Crippen LogP contribution < -0.4 is 5.32 Å². The molecule has 82 valence electrons. The highest BCUT2D eigenvalue weighted by Crippen LogP contribution is 2.18. The first kappa shape index (κ1) is 11.5. The molecule has 0 atom stereocenters. The maximum atomic E-state index is 11.8. The number of amides is 1. The summed E-state index contributed by atoms with van der Waals surface area (Å²) in [5.74, 6) is -1.05. The van der Waals surface area contributed by atoms with Gasteiger partial charge in [0, 0.05) is 6.20 Å². The molecule has 1 aromatic rings. The Morgan fingerprint density at radius 1 is 1.40 bits per heavy atom. The fourth-order valence-corrected chi connectivity index (χ4v) is 0.936. The van der Waals surface area contributed by atoms with Crippen LogP contribution in [0.15, 0.2) is 24.4 Å². The van der Waals surface area contributed by atoms with Gasteiger partial charge in [-0.3, -0.25) is 9.78 Å². The summed E-state index contributed by atoms with van der Waals surface area (Å²) in [6, 6.07) is 4.99. The van der Waals surface area contributed by atoms with Crippen LogP contribution >= 0.6 is 0 Å². The van der Waals surface area contributed by atoms with Gasteiger partial charge in [-0.05, 0) is 12.1 Å². The first-order valence-electron chi connectivity index (χ1n) is 4.21. The summed E-state index contributed by atoms with van der Waals surface area (Å²) >= 11 is 0. The van der Waals surface area contributed by atoms with Gasteiger partial charge >= 0.3 is 6.18 Å². The monoisotopic (exact) mass is 218 g/mol. The summed E-state index contributed by atoms with van der Waals surface area (Å²) in [6.45, 7) is 0.00968. The largest absolute Gasteiger partial charge is 0.397 e. The summed E-state index contributed by atoms with van der Waals surface area (Å²) in [4.78, 5) is 14.6. The van der Waals surface area contributed by atoms with Gasteiger partial charge in [0.25, 0.3) is 0 Å². The average Bonchev–Trinajstić information content (AvgIpc) is 2.14. The molecule has 1 N–H and O–H groups in total. The van der Waals surface area contributed by atoms with Gasteiger partial charge in [0.1, 0.15) is 6.42 Å². The molecule has 0 unspecified atom stereocenters. The van der Waals surface area contributed by atoms with Gasteiger partial charge in [0.05, 0.1) is 12.2 Å². The quantitative estimate of drug-likeness (QED) is 0.838. The third-order valence-corrected chi connectivity index (χ3v) is 1.55. The Hall–Kier alpha value is -1.59. The van der Waals surface area contributed by atoms with Crippen molar-refractivity contribution in [1.29, 1.82) is 0 Å². The Labute approximate surface area is 84.3 Å². The molecule has 0 spiro atoms. The van der Waals surface area contributed by atoms with Crippen LogP contribution in [0.3, 0.4) is 0 Å². The highest BCUT2D eigenvalue weighted by Gasteiger charge is 2.30. The van der Waals surface area contributed by atoms with Gasteiger partial charge in [0.2, 0.25) is 5.91 Å². The number of nitrogens with one attached hydrogen (secondary N) is 1. The van der Waals surface area contributed by atoms with E-state index in [1.54, 1.807) is 18.2 Å². The molecular formula is C9H9F3N2O. The molecule has 0 saturated heterocycles. The van der Waals surface area contributed by atoms with Crippen molar-refractivity contribution in [3.8, 4) is 0 Å². The van der Waals surface area contributed by atoms with Crippen molar-refractivity contribution < 1.29 is 18.0 Å². The number of halogens is 3. The molecule has 3 nitrogen and oxygen atoms in total. The lowest BCUT2D eigenvalue weighted by atomic mass is 10.3. The molecule has 0 bridgehead atoms. The van der Waals surface area contributed by atoms with E-state index in [1.807, 2.05) is 0 Å². The van der Waals surface area contributed by atoms with Crippen molar-refractivity contribution >= 4 is 5.91 Å². The molecule has 0 aromatic carbocycles. The minimum absolute atomic E-state index is 0.00968. The van der Waals surface area contributed by atoms with E-state index in [0.29, 0.717) is 5.69 Å². The summed E-state index contributed by atoms with van der Waals surface area (Å²) in [7, 11) is 0. The number of carbonyl (C=O) groups excluding carboxylic acids is 1. The van der Waals surface area contributed by atoms with Gasteiger partial charge in [-0.25, -0.2) is 0 Å². The van der Waals surface area contributed by atoms with Crippen LogP contribution in [0.1, 0.15) is 12.1 Å². The van der Waals surface area contributed by atoms with Crippen LogP contribution in [0, 0.1) is 0 Å². The van der Waals surface area contributed by atoms with Gasteiger partial charge < -0.3 is 5.32 Å². The maximum absolute atomic E-state index is 11.8. The van der Waals surface area contributed by atoms with Crippen molar-refractivity contribution in [2.24, 2.45) is 0 Å². The van der Waals surface area contributed by atoms with Crippen LogP contribution in [0.4, 0.5) is 13.2 Å². The molecule has 0 saturated carbocycles. The number of alkyl halides is 3. The zero-order valence-electron chi connectivity index (χ0n) is 7.71. The smallest absolute Gasteiger partial charge is 0.350 e. The van der Waals surface area contributed by atoms with E-state index in [-0.39, 0.29) is 6.54 Å². The lowest BCUT2D eigenvalue weighted by molar-refractivity contribution is -0.153. The van der Waals surface area contributed by atoms with Crippen molar-refractivity contribution in [2.45, 2.75) is 19.1 Å². The zero-order valence-corrected chi connectivity index (χ0v) is 7.71. The second kappa shape index (κ2) is 4.77. The van der Waals surface area contributed by atoms with Crippen molar-refractivity contribution in [3.63, 3.8) is 0 Å². The Morgan fingerprint density at radius 2 is 2.13 bits per heavy atom. The topological polar surface area (TPSA) is 42.0 Å². The highest BCUT2D eigenvalue weighted by molar-refractivity contribution is 5.76. The Balaban J connectivity index is 2.35. The Morgan fingerprint density at radius 3 is 2.67 bits per heavy atom. The molecule has 1 heterocycles. The number of hydrogen-bond donors (Lipinski definition) is 1. The predicted octanol–water partition coefficient (Wildman–Crippen LogP) is 1.65. The molecule has 0 aliphatic carbocycles. The predicted molar refractivity (Wildman–Crippen MR) is 46.8 cm³/mol. The van der Waals surface area contributed by atoms with Gasteiger partial charge in [0.15, 0.2) is 0 Å². The van der Waals surface area contributed by atoms with E-state index < -0.39 is 18.5 Å². The normalized spacial score (nSPS) is 11.1. The molecule has 1 rings (SSSR count). The molecule has 6 heteroatoms. The van der Waals surface area contributed by atoms with Crippen LogP contribution in [-0.4, -0.2) is 17.1 Å². The molecule has 1 amide bonds. The highest BCUT2D eigenvalue weighted by atomic mass is 19.4. The molecule has 15 heavy (non-hydrogen) atoms. The molecule has 0 radical (unpaired) electrons. The molecule has 0 fully saturated rings. The lowest BCUT2D eigenvalue weighted by Gasteiger charge is -2.06. The fourth-order valence-electron chi connectivity index (χ4n) is 0.936. The third kappa shape index (κ3) is 4.99. The average molecular weight is 218 g/mol. The zero-order chi connectivity index (χ0) is 11.3. The Bertz CT molecular complexity index is 324. The van der Waals surface area contributed by atoms with Crippen molar-refractivity contribution in [1.82, 2.24) is 10.3 Å². The fraction of sp³-hybridized carbons (Fsp3) is 0.333. The minimum atomic E-state index is -4.46. The van der Waals surface area contributed by atoms with E-state index in [9.17, 15) is 18.0 Å². The van der Waals surface area contributed by atoms with E-state index in [4.69, 9.17) is 0 Å². The van der Waals surface area contributed by atoms with Crippen molar-refractivity contribution in [3.05, 3.63) is 30.1 Å². The first-order valence-corrected chi connectivity index (χ1v) is 4.21. The summed E-state index contributed by atoms with van der Waals surface area (Å²) in [5.41, 5.74) is 0.521. The minimum Gasteiger partial charge on any atom is -0.350 e. The number of nitrogens with zero attached hydrogens (tertiary/aromatic N) is 1. The summed E-state index contributed by atoms with van der Waals surface area (Å²) in [6.07, 6.45) is -4.42. The SMILES string of the molecule is O=C(CC(F)(F)F)NCc1ccccn1. The van der Waals surface area contributed by atoms with Crippen molar-refractivity contribution in [2.75, 3.05) is 0 Å². The van der Waals surface area contributed by atoms with Crippen LogP contribution in [0.5, 0.6) is 0 Å². The standard InChI is InChI=1S/C9H9F3N2O/c10-9(11,12)5-8(15)14-6-7-3-1-2-4-13-7/h1-4H,5-6H2,(H,14,15). The van der Waals surface area contributed by atoms with E-state index in [0.717, 1.165) is 0 Å². The summed E-state index contributed by atoms with van der Waals surface area (Å²) in [5, 5.41) is 2.13. The molecule has 0 aliphatic rings. The number of carbonyl (C=O) groups is 1. The second-order valence-corrected chi connectivity index (χ2v) is 2.89. The second-order valence-electron chi connectivity index (χ2n) is 2.89. The number of rotatable bonds is 3. The lowest BCUT2D eigenvalue weighted by Crippen LogP contribution is -2.28. The number of hydrogen-bond acceptors (Lipinski definition) is 2.